The number of hydrogen-bond acceptors (Lipinski definition) is 3. The summed E-state index contributed by atoms with van der Waals surface area (Å²) in [7, 11) is 0. The lowest BCUT2D eigenvalue weighted by molar-refractivity contribution is 0.0936. The lowest BCUT2D eigenvalue weighted by Crippen LogP contribution is -2.36. The summed E-state index contributed by atoms with van der Waals surface area (Å²) in [6.07, 6.45) is 2.97. The molecule has 5 heteroatoms. The molecule has 0 radical (unpaired) electrons. The number of benzene rings is 1. The largest absolute Gasteiger partial charge is 0.347 e. The van der Waals surface area contributed by atoms with Crippen molar-refractivity contribution in [2.75, 3.05) is 12.0 Å². The van der Waals surface area contributed by atoms with Gasteiger partial charge in [0.25, 0.3) is 5.91 Å². The number of nitrogens with zero attached hydrogens (tertiary/aromatic N) is 1. The Bertz CT molecular complexity index is 538. The zero-order valence-electron chi connectivity index (χ0n) is 10.6. The number of fused-ring (bicyclic) bond motifs is 1. The first kappa shape index (κ1) is 13.0. The van der Waals surface area contributed by atoms with E-state index in [2.05, 4.69) is 22.4 Å². The Balaban J connectivity index is 2.18. The van der Waals surface area contributed by atoms with E-state index in [0.717, 1.165) is 23.1 Å². The number of nitrogens with one attached hydrogen (secondary N) is 2. The number of H-pyrrole nitrogens is 1. The minimum absolute atomic E-state index is 0.103. The Hall–Kier alpha value is -1.49. The van der Waals surface area contributed by atoms with Gasteiger partial charge in [-0.2, -0.15) is 16.9 Å². The molecule has 0 spiro atoms. The molecule has 0 saturated heterocycles. The van der Waals surface area contributed by atoms with E-state index in [4.69, 9.17) is 0 Å². The summed E-state index contributed by atoms with van der Waals surface area (Å²) in [5, 5.41) is 10.9. The first-order chi connectivity index (χ1) is 8.76. The summed E-state index contributed by atoms with van der Waals surface area (Å²) < 4.78 is 0. The maximum Gasteiger partial charge on any atom is 0.272 e. The minimum Gasteiger partial charge on any atom is -0.347 e. The molecule has 4 nitrogen and oxygen atoms in total. The van der Waals surface area contributed by atoms with Gasteiger partial charge in [0.2, 0.25) is 0 Å². The van der Waals surface area contributed by atoms with Crippen LogP contribution in [0.1, 0.15) is 23.8 Å². The zero-order chi connectivity index (χ0) is 13.0. The average molecular weight is 263 g/mol. The number of carbonyl (C=O) groups excluding carboxylic acids is 1. The predicted molar refractivity (Wildman–Crippen MR) is 76.0 cm³/mol. The Morgan fingerprint density at radius 3 is 3.00 bits per heavy atom. The smallest absolute Gasteiger partial charge is 0.272 e. The molecule has 0 aliphatic carbocycles. The monoisotopic (exact) mass is 263 g/mol. The van der Waals surface area contributed by atoms with Crippen molar-refractivity contribution in [1.29, 1.82) is 0 Å². The molecule has 1 atom stereocenters. The second kappa shape index (κ2) is 5.91. The van der Waals surface area contributed by atoms with Crippen molar-refractivity contribution in [3.63, 3.8) is 0 Å². The standard InChI is InChI=1S/C13H17N3OS/c1-3-9(8-18-2)14-13(17)12-10-6-4-5-7-11(10)15-16-12/h4-7,9H,3,8H2,1-2H3,(H,14,17)(H,15,16). The van der Waals surface area contributed by atoms with Crippen LogP contribution in [-0.2, 0) is 0 Å². The van der Waals surface area contributed by atoms with Crippen molar-refractivity contribution in [2.45, 2.75) is 19.4 Å². The van der Waals surface area contributed by atoms with Crippen LogP contribution in [0.5, 0.6) is 0 Å². The van der Waals surface area contributed by atoms with E-state index < -0.39 is 0 Å². The summed E-state index contributed by atoms with van der Waals surface area (Å²) in [4.78, 5) is 12.2. The van der Waals surface area contributed by atoms with Crippen molar-refractivity contribution in [2.24, 2.45) is 0 Å². The number of aromatic amines is 1. The maximum absolute atomic E-state index is 12.2. The number of aromatic nitrogens is 2. The van der Waals surface area contributed by atoms with Crippen LogP contribution < -0.4 is 5.32 Å². The molecule has 18 heavy (non-hydrogen) atoms. The van der Waals surface area contributed by atoms with Gasteiger partial charge in [0, 0.05) is 17.2 Å². The molecule has 1 heterocycles. The van der Waals surface area contributed by atoms with Gasteiger partial charge >= 0.3 is 0 Å². The molecule has 1 aromatic carbocycles. The van der Waals surface area contributed by atoms with Gasteiger partial charge in [-0.05, 0) is 18.7 Å². The van der Waals surface area contributed by atoms with E-state index in [1.54, 1.807) is 11.8 Å². The van der Waals surface area contributed by atoms with Gasteiger partial charge in [0.15, 0.2) is 5.69 Å². The summed E-state index contributed by atoms with van der Waals surface area (Å²) >= 11 is 1.73. The Kier molecular flexibility index (Phi) is 4.25. The number of amides is 1. The van der Waals surface area contributed by atoms with Crippen LogP contribution in [0.3, 0.4) is 0 Å². The summed E-state index contributed by atoms with van der Waals surface area (Å²) in [5.41, 5.74) is 1.37. The molecule has 1 amide bonds. The van der Waals surface area contributed by atoms with Crippen LogP contribution in [-0.4, -0.2) is 34.2 Å². The SMILES string of the molecule is CCC(CSC)NC(=O)c1n[nH]c2ccccc12. The second-order valence-electron chi connectivity index (χ2n) is 4.15. The average Bonchev–Trinajstić information content (AvgIpc) is 2.82. The van der Waals surface area contributed by atoms with Gasteiger partial charge < -0.3 is 5.32 Å². The fourth-order valence-corrected chi connectivity index (χ4v) is 2.57. The Morgan fingerprint density at radius 1 is 1.50 bits per heavy atom. The van der Waals surface area contributed by atoms with Crippen LogP contribution in [0.25, 0.3) is 10.9 Å². The third-order valence-electron chi connectivity index (χ3n) is 2.88. The van der Waals surface area contributed by atoms with Crippen LogP contribution in [0.4, 0.5) is 0 Å². The maximum atomic E-state index is 12.2. The second-order valence-corrected chi connectivity index (χ2v) is 5.06. The molecule has 0 aliphatic heterocycles. The molecular formula is C13H17N3OS. The number of hydrogen-bond donors (Lipinski definition) is 2. The van der Waals surface area contributed by atoms with Gasteiger partial charge in [-0.25, -0.2) is 0 Å². The van der Waals surface area contributed by atoms with E-state index in [9.17, 15) is 4.79 Å². The van der Waals surface area contributed by atoms with E-state index in [-0.39, 0.29) is 11.9 Å². The molecule has 96 valence electrons. The molecule has 0 saturated carbocycles. The summed E-state index contributed by atoms with van der Waals surface area (Å²) in [6.45, 7) is 2.07. The molecule has 2 rings (SSSR count). The first-order valence-electron chi connectivity index (χ1n) is 5.99. The highest BCUT2D eigenvalue weighted by atomic mass is 32.2. The van der Waals surface area contributed by atoms with Crippen LogP contribution in [0.2, 0.25) is 0 Å². The molecule has 2 aromatic rings. The van der Waals surface area contributed by atoms with Gasteiger partial charge in [0.1, 0.15) is 0 Å². The highest BCUT2D eigenvalue weighted by molar-refractivity contribution is 7.98. The van der Waals surface area contributed by atoms with E-state index in [1.807, 2.05) is 30.5 Å². The summed E-state index contributed by atoms with van der Waals surface area (Å²) in [6, 6.07) is 7.85. The third-order valence-corrected chi connectivity index (χ3v) is 3.62. The minimum atomic E-state index is -0.103. The quantitative estimate of drug-likeness (QED) is 0.871. The normalized spacial score (nSPS) is 12.6. The highest BCUT2D eigenvalue weighted by Crippen LogP contribution is 2.15. The van der Waals surface area contributed by atoms with Crippen molar-refractivity contribution in [3.8, 4) is 0 Å². The molecule has 1 unspecified atom stereocenters. The Labute approximate surface area is 111 Å². The lowest BCUT2D eigenvalue weighted by Gasteiger charge is -2.14. The number of rotatable bonds is 5. The van der Waals surface area contributed by atoms with E-state index >= 15 is 0 Å². The summed E-state index contributed by atoms with van der Waals surface area (Å²) in [5.74, 6) is 0.818. The van der Waals surface area contributed by atoms with Crippen LogP contribution >= 0.6 is 11.8 Å². The van der Waals surface area contributed by atoms with Gasteiger partial charge in [0.05, 0.1) is 5.52 Å². The topological polar surface area (TPSA) is 57.8 Å². The fraction of sp³-hybridized carbons (Fsp3) is 0.385. The van der Waals surface area contributed by atoms with Crippen LogP contribution in [0, 0.1) is 0 Å². The molecule has 2 N–H and O–H groups in total. The number of thioether (sulfide) groups is 1. The van der Waals surface area contributed by atoms with Crippen molar-refractivity contribution in [1.82, 2.24) is 15.5 Å². The lowest BCUT2D eigenvalue weighted by atomic mass is 10.2. The van der Waals surface area contributed by atoms with Crippen molar-refractivity contribution >= 4 is 28.6 Å². The van der Waals surface area contributed by atoms with Gasteiger partial charge in [-0.3, -0.25) is 9.89 Å². The van der Waals surface area contributed by atoms with Crippen molar-refractivity contribution in [3.05, 3.63) is 30.0 Å². The third kappa shape index (κ3) is 2.67. The molecular weight excluding hydrogens is 246 g/mol. The molecule has 0 bridgehead atoms. The van der Waals surface area contributed by atoms with E-state index in [1.165, 1.54) is 0 Å². The number of para-hydroxylation sites is 1. The fourth-order valence-electron chi connectivity index (χ4n) is 1.85. The van der Waals surface area contributed by atoms with Crippen LogP contribution in [0.15, 0.2) is 24.3 Å². The zero-order valence-corrected chi connectivity index (χ0v) is 11.4. The first-order valence-corrected chi connectivity index (χ1v) is 7.38. The molecule has 0 aliphatic rings. The Morgan fingerprint density at radius 2 is 2.28 bits per heavy atom. The predicted octanol–water partition coefficient (Wildman–Crippen LogP) is 2.43. The van der Waals surface area contributed by atoms with Gasteiger partial charge in [-0.1, -0.05) is 25.1 Å². The highest BCUT2D eigenvalue weighted by Gasteiger charge is 2.16. The van der Waals surface area contributed by atoms with E-state index in [0.29, 0.717) is 5.69 Å². The van der Waals surface area contributed by atoms with Gasteiger partial charge in [-0.15, -0.1) is 0 Å². The molecule has 1 aromatic heterocycles. The molecule has 0 fully saturated rings. The van der Waals surface area contributed by atoms with Crippen molar-refractivity contribution < 1.29 is 4.79 Å². The number of carbonyl (C=O) groups is 1.